The van der Waals surface area contributed by atoms with E-state index in [2.05, 4.69) is 15.6 Å². The predicted molar refractivity (Wildman–Crippen MR) is 111 cm³/mol. The summed E-state index contributed by atoms with van der Waals surface area (Å²) in [7, 11) is 1.49. The van der Waals surface area contributed by atoms with E-state index < -0.39 is 6.03 Å². The maximum absolute atomic E-state index is 12.8. The largest absolute Gasteiger partial charge is 0.495 e. The SMILES string of the molecule is COc1cc(C#N)ccc1NC(=O)Nc1c(-c2ccccc2)ccc2cncn12. The Morgan fingerprint density at radius 3 is 2.69 bits per heavy atom. The van der Waals surface area contributed by atoms with Gasteiger partial charge in [-0.2, -0.15) is 5.26 Å². The third-order valence-electron chi connectivity index (χ3n) is 4.48. The number of nitrogens with one attached hydrogen (secondary N) is 2. The molecular weight excluding hydrogens is 366 g/mol. The van der Waals surface area contributed by atoms with Gasteiger partial charge in [-0.3, -0.25) is 9.72 Å². The van der Waals surface area contributed by atoms with Crippen molar-refractivity contribution in [1.29, 1.82) is 5.26 Å². The molecule has 4 rings (SSSR count). The smallest absolute Gasteiger partial charge is 0.324 e. The Morgan fingerprint density at radius 2 is 1.93 bits per heavy atom. The standard InChI is InChI=1S/C22H17N5O2/c1-29-20-11-15(12-23)7-10-19(20)25-22(28)26-21-18(16-5-3-2-4-6-16)9-8-17-13-24-14-27(17)21/h2-11,13-14H,1H3,(H2,25,26,28). The number of amides is 2. The lowest BCUT2D eigenvalue weighted by atomic mass is 10.1. The Labute approximate surface area is 167 Å². The molecule has 142 valence electrons. The van der Waals surface area contributed by atoms with Crippen molar-refractivity contribution in [2.75, 3.05) is 17.7 Å². The molecule has 0 saturated heterocycles. The fourth-order valence-corrected chi connectivity index (χ4v) is 3.10. The molecule has 0 fully saturated rings. The number of urea groups is 1. The Bertz CT molecular complexity index is 1230. The van der Waals surface area contributed by atoms with Crippen molar-refractivity contribution in [2.45, 2.75) is 0 Å². The summed E-state index contributed by atoms with van der Waals surface area (Å²) in [5.74, 6) is 1.000. The number of carbonyl (C=O) groups excluding carboxylic acids is 1. The normalized spacial score (nSPS) is 10.3. The molecule has 0 radical (unpaired) electrons. The molecule has 2 heterocycles. The summed E-state index contributed by atoms with van der Waals surface area (Å²) in [6, 6.07) is 20.1. The topological polar surface area (TPSA) is 91.4 Å². The zero-order valence-electron chi connectivity index (χ0n) is 15.6. The van der Waals surface area contributed by atoms with Crippen LogP contribution in [0.25, 0.3) is 16.6 Å². The molecule has 2 N–H and O–H groups in total. The van der Waals surface area contributed by atoms with Crippen molar-refractivity contribution in [3.05, 3.63) is 78.8 Å². The van der Waals surface area contributed by atoms with Gasteiger partial charge < -0.3 is 10.1 Å². The van der Waals surface area contributed by atoms with Gasteiger partial charge in [-0.05, 0) is 29.8 Å². The Hall–Kier alpha value is -4.31. The minimum Gasteiger partial charge on any atom is -0.495 e. The van der Waals surface area contributed by atoms with E-state index in [0.717, 1.165) is 16.6 Å². The van der Waals surface area contributed by atoms with E-state index in [1.54, 1.807) is 30.7 Å². The van der Waals surface area contributed by atoms with Crippen LogP contribution in [0.5, 0.6) is 5.75 Å². The van der Waals surface area contributed by atoms with Crippen LogP contribution < -0.4 is 15.4 Å². The Morgan fingerprint density at radius 1 is 1.10 bits per heavy atom. The van der Waals surface area contributed by atoms with Crippen LogP contribution in [0.3, 0.4) is 0 Å². The first kappa shape index (κ1) is 18.1. The third kappa shape index (κ3) is 3.59. The lowest BCUT2D eigenvalue weighted by molar-refractivity contribution is 0.262. The number of ether oxygens (including phenoxy) is 1. The van der Waals surface area contributed by atoms with Crippen LogP contribution in [0.1, 0.15) is 5.56 Å². The lowest BCUT2D eigenvalue weighted by Crippen LogP contribution is -2.21. The molecule has 0 saturated carbocycles. The number of nitriles is 1. The van der Waals surface area contributed by atoms with E-state index in [1.165, 1.54) is 7.11 Å². The van der Waals surface area contributed by atoms with Crippen LogP contribution in [-0.4, -0.2) is 22.5 Å². The third-order valence-corrected chi connectivity index (χ3v) is 4.48. The number of carbonyl (C=O) groups is 1. The summed E-state index contributed by atoms with van der Waals surface area (Å²) in [4.78, 5) is 17.0. The van der Waals surface area contributed by atoms with Crippen molar-refractivity contribution < 1.29 is 9.53 Å². The molecule has 2 aromatic heterocycles. The molecule has 0 spiro atoms. The van der Waals surface area contributed by atoms with Crippen LogP contribution in [0.15, 0.2) is 73.2 Å². The first-order chi connectivity index (χ1) is 14.2. The van der Waals surface area contributed by atoms with Gasteiger partial charge in [-0.1, -0.05) is 30.3 Å². The van der Waals surface area contributed by atoms with E-state index in [4.69, 9.17) is 10.00 Å². The minimum absolute atomic E-state index is 0.406. The zero-order chi connectivity index (χ0) is 20.2. The summed E-state index contributed by atoms with van der Waals surface area (Å²) in [6.45, 7) is 0. The zero-order valence-corrected chi connectivity index (χ0v) is 15.6. The quantitative estimate of drug-likeness (QED) is 0.542. The predicted octanol–water partition coefficient (Wildman–Crippen LogP) is 4.53. The molecule has 2 amide bonds. The van der Waals surface area contributed by atoms with Crippen LogP contribution in [0.2, 0.25) is 0 Å². The number of methoxy groups -OCH3 is 1. The van der Waals surface area contributed by atoms with Crippen LogP contribution in [0, 0.1) is 11.3 Å². The number of fused-ring (bicyclic) bond motifs is 1. The Kier molecular flexibility index (Phi) is 4.82. The van der Waals surface area contributed by atoms with E-state index >= 15 is 0 Å². The molecule has 0 aliphatic rings. The Balaban J connectivity index is 1.68. The van der Waals surface area contributed by atoms with Gasteiger partial charge in [0.2, 0.25) is 0 Å². The second-order valence-corrected chi connectivity index (χ2v) is 6.26. The first-order valence-corrected chi connectivity index (χ1v) is 8.86. The summed E-state index contributed by atoms with van der Waals surface area (Å²) >= 11 is 0. The summed E-state index contributed by atoms with van der Waals surface area (Å²) in [5, 5.41) is 14.7. The molecule has 0 bridgehead atoms. The van der Waals surface area contributed by atoms with E-state index in [1.807, 2.05) is 52.9 Å². The number of imidazole rings is 1. The van der Waals surface area contributed by atoms with Crippen molar-refractivity contribution in [3.8, 4) is 22.9 Å². The molecular formula is C22H17N5O2. The van der Waals surface area contributed by atoms with Gasteiger partial charge >= 0.3 is 6.03 Å². The lowest BCUT2D eigenvalue weighted by Gasteiger charge is -2.15. The summed E-state index contributed by atoms with van der Waals surface area (Å²) < 4.78 is 7.10. The van der Waals surface area contributed by atoms with E-state index in [-0.39, 0.29) is 0 Å². The van der Waals surface area contributed by atoms with Crippen molar-refractivity contribution >= 4 is 23.1 Å². The maximum Gasteiger partial charge on any atom is 0.324 e. The maximum atomic E-state index is 12.8. The number of rotatable bonds is 4. The fourth-order valence-electron chi connectivity index (χ4n) is 3.10. The van der Waals surface area contributed by atoms with Gasteiger partial charge in [-0.25, -0.2) is 9.78 Å². The monoisotopic (exact) mass is 383 g/mol. The summed E-state index contributed by atoms with van der Waals surface area (Å²) in [6.07, 6.45) is 3.38. The van der Waals surface area contributed by atoms with Gasteiger partial charge in [0.1, 0.15) is 17.9 Å². The highest BCUT2D eigenvalue weighted by atomic mass is 16.5. The van der Waals surface area contributed by atoms with Gasteiger partial charge in [0, 0.05) is 11.6 Å². The molecule has 29 heavy (non-hydrogen) atoms. The molecule has 0 atom stereocenters. The number of pyridine rings is 1. The van der Waals surface area contributed by atoms with Gasteiger partial charge in [-0.15, -0.1) is 0 Å². The number of hydrogen-bond acceptors (Lipinski definition) is 4. The first-order valence-electron chi connectivity index (χ1n) is 8.86. The van der Waals surface area contributed by atoms with Crippen LogP contribution in [-0.2, 0) is 0 Å². The number of hydrogen-bond donors (Lipinski definition) is 2. The summed E-state index contributed by atoms with van der Waals surface area (Å²) in [5.41, 5.74) is 3.59. The fraction of sp³-hybridized carbons (Fsp3) is 0.0455. The molecule has 2 aromatic carbocycles. The van der Waals surface area contributed by atoms with Gasteiger partial charge in [0.25, 0.3) is 0 Å². The minimum atomic E-state index is -0.439. The van der Waals surface area contributed by atoms with E-state index in [9.17, 15) is 4.79 Å². The number of benzene rings is 2. The van der Waals surface area contributed by atoms with Gasteiger partial charge in [0.15, 0.2) is 0 Å². The molecule has 0 unspecified atom stereocenters. The highest BCUT2D eigenvalue weighted by Crippen LogP contribution is 2.30. The van der Waals surface area contributed by atoms with Crippen molar-refractivity contribution in [1.82, 2.24) is 9.38 Å². The second-order valence-electron chi connectivity index (χ2n) is 6.26. The molecule has 4 aromatic rings. The average Bonchev–Trinajstić information content (AvgIpc) is 3.24. The van der Waals surface area contributed by atoms with Crippen molar-refractivity contribution in [2.24, 2.45) is 0 Å². The highest BCUT2D eigenvalue weighted by molar-refractivity contribution is 6.02. The van der Waals surface area contributed by atoms with Crippen molar-refractivity contribution in [3.63, 3.8) is 0 Å². The number of anilines is 2. The molecule has 0 aliphatic heterocycles. The number of aromatic nitrogens is 2. The van der Waals surface area contributed by atoms with E-state index in [0.29, 0.717) is 22.8 Å². The molecule has 7 nitrogen and oxygen atoms in total. The van der Waals surface area contributed by atoms with Gasteiger partial charge in [0.05, 0.1) is 36.1 Å². The number of nitrogens with zero attached hydrogens (tertiary/aromatic N) is 3. The highest BCUT2D eigenvalue weighted by Gasteiger charge is 2.14. The molecule has 0 aliphatic carbocycles. The molecule has 7 heteroatoms. The van der Waals surface area contributed by atoms with Crippen LogP contribution in [0.4, 0.5) is 16.3 Å². The average molecular weight is 383 g/mol. The second kappa shape index (κ2) is 7.74. The van der Waals surface area contributed by atoms with Crippen LogP contribution >= 0.6 is 0 Å².